The summed E-state index contributed by atoms with van der Waals surface area (Å²) in [5.74, 6) is -0.896. The van der Waals surface area contributed by atoms with Gasteiger partial charge in [0.1, 0.15) is 6.54 Å². The molecule has 0 fully saturated rings. The van der Waals surface area contributed by atoms with Crippen LogP contribution in [0.4, 0.5) is 5.69 Å². The van der Waals surface area contributed by atoms with E-state index in [0.717, 1.165) is 71.9 Å². The molecule has 2 amide bonds. The Labute approximate surface area is 429 Å². The lowest BCUT2D eigenvalue weighted by atomic mass is 9.77. The minimum Gasteiger partial charge on any atom is -0.748 e. The van der Waals surface area contributed by atoms with Crippen LogP contribution in [-0.4, -0.2) is 119 Å². The number of allylic oxidation sites excluding steroid dienone is 1. The van der Waals surface area contributed by atoms with E-state index in [2.05, 4.69) is 87.9 Å². The SMILES string of the molecule is C=C(C)C(=O)NCCCNC(=O)Cc1ccc2c(c1)C(C)(C)C(/C=C/c1ccc3c(CN(C)Cc4ccccc4B(O)O)c4ccccc4c(CN(C)Cc4ccccc4B(O)O)c3c1)=[N+]2CCCS(=O)(=O)[O-]. The maximum absolute atomic E-state index is 13.1. The van der Waals surface area contributed by atoms with Crippen LogP contribution in [0.3, 0.4) is 0 Å². The molecular weight excluding hydrogens is 940 g/mol. The molecule has 0 spiro atoms. The Balaban J connectivity index is 1.25. The minimum atomic E-state index is -4.46. The molecule has 0 atom stereocenters. The van der Waals surface area contributed by atoms with Gasteiger partial charge in [-0.1, -0.05) is 97.6 Å². The molecule has 0 bridgehead atoms. The van der Waals surface area contributed by atoms with E-state index in [0.29, 0.717) is 62.2 Å². The maximum atomic E-state index is 13.1. The van der Waals surface area contributed by atoms with Gasteiger partial charge in [-0.25, -0.2) is 8.42 Å². The highest BCUT2D eigenvalue weighted by molar-refractivity contribution is 7.85. The Morgan fingerprint density at radius 2 is 1.26 bits per heavy atom. The fraction of sp³-hybridized carbons (Fsp3) is 0.304. The average Bonchev–Trinajstić information content (AvgIpc) is 3.54. The molecule has 380 valence electrons. The predicted molar refractivity (Wildman–Crippen MR) is 291 cm³/mol. The average molecular weight is 1010 g/mol. The molecule has 14 nitrogen and oxygen atoms in total. The minimum absolute atomic E-state index is 0.112. The molecule has 7 rings (SSSR count). The lowest BCUT2D eigenvalue weighted by Crippen LogP contribution is -2.35. The van der Waals surface area contributed by atoms with Crippen molar-refractivity contribution in [1.29, 1.82) is 0 Å². The Bertz CT molecular complexity index is 3210. The normalized spacial score (nSPS) is 13.4. The largest absolute Gasteiger partial charge is 0.748 e. The van der Waals surface area contributed by atoms with Gasteiger partial charge in [-0.05, 0) is 125 Å². The van der Waals surface area contributed by atoms with E-state index in [-0.39, 0.29) is 31.2 Å². The van der Waals surface area contributed by atoms with Crippen LogP contribution < -0.4 is 21.6 Å². The van der Waals surface area contributed by atoms with E-state index in [9.17, 15) is 42.7 Å². The highest BCUT2D eigenvalue weighted by atomic mass is 32.2. The fourth-order valence-corrected chi connectivity index (χ4v) is 10.5. The number of nitrogens with zero attached hydrogens (tertiary/aromatic N) is 3. The van der Waals surface area contributed by atoms with Gasteiger partial charge in [0, 0.05) is 74.7 Å². The number of carbonyl (C=O) groups is 2. The molecule has 0 saturated carbocycles. The monoisotopic (exact) mass is 1010 g/mol. The van der Waals surface area contributed by atoms with Crippen molar-refractivity contribution in [2.75, 3.05) is 39.5 Å². The van der Waals surface area contributed by atoms with Crippen LogP contribution in [0.25, 0.3) is 27.6 Å². The van der Waals surface area contributed by atoms with Gasteiger partial charge in [0.05, 0.1) is 22.0 Å². The highest BCUT2D eigenvalue weighted by Crippen LogP contribution is 2.41. The van der Waals surface area contributed by atoms with Gasteiger partial charge in [0.15, 0.2) is 5.71 Å². The lowest BCUT2D eigenvalue weighted by molar-refractivity contribution is -0.437. The molecule has 0 unspecified atom stereocenters. The van der Waals surface area contributed by atoms with Crippen molar-refractivity contribution < 1.29 is 47.2 Å². The van der Waals surface area contributed by atoms with Crippen molar-refractivity contribution in [2.45, 2.75) is 71.6 Å². The van der Waals surface area contributed by atoms with Crippen LogP contribution in [0.5, 0.6) is 0 Å². The molecule has 0 saturated heterocycles. The van der Waals surface area contributed by atoms with Gasteiger partial charge in [-0.2, -0.15) is 4.58 Å². The Morgan fingerprint density at radius 3 is 1.84 bits per heavy atom. The van der Waals surface area contributed by atoms with Crippen LogP contribution in [0.1, 0.15) is 72.6 Å². The molecule has 1 aliphatic heterocycles. The van der Waals surface area contributed by atoms with Gasteiger partial charge in [-0.3, -0.25) is 19.4 Å². The summed E-state index contributed by atoms with van der Waals surface area (Å²) in [5.41, 5.74) is 8.93. The van der Waals surface area contributed by atoms with E-state index in [1.165, 1.54) is 0 Å². The number of hydrogen-bond donors (Lipinski definition) is 6. The Kier molecular flexibility index (Phi) is 17.7. The number of amides is 2. The first-order valence-electron chi connectivity index (χ1n) is 24.5. The Hall–Kier alpha value is -6.27. The number of benzene rings is 6. The van der Waals surface area contributed by atoms with E-state index in [4.69, 9.17) is 0 Å². The van der Waals surface area contributed by atoms with Crippen LogP contribution in [0.15, 0.2) is 127 Å². The molecule has 73 heavy (non-hydrogen) atoms. The van der Waals surface area contributed by atoms with Gasteiger partial charge in [0.2, 0.25) is 17.5 Å². The molecule has 0 aromatic heterocycles. The van der Waals surface area contributed by atoms with Crippen LogP contribution in [-0.2, 0) is 57.7 Å². The predicted octanol–water partition coefficient (Wildman–Crippen LogP) is 4.38. The van der Waals surface area contributed by atoms with Crippen molar-refractivity contribution in [3.63, 3.8) is 0 Å². The summed E-state index contributed by atoms with van der Waals surface area (Å²) in [6.45, 7) is 12.5. The van der Waals surface area contributed by atoms with Crippen molar-refractivity contribution in [3.05, 3.63) is 166 Å². The molecule has 6 aromatic carbocycles. The van der Waals surface area contributed by atoms with Crippen molar-refractivity contribution in [3.8, 4) is 0 Å². The molecule has 0 radical (unpaired) electrons. The van der Waals surface area contributed by atoms with Gasteiger partial charge < -0.3 is 35.3 Å². The summed E-state index contributed by atoms with van der Waals surface area (Å²) in [6, 6.07) is 35.2. The van der Waals surface area contributed by atoms with Gasteiger partial charge >= 0.3 is 14.2 Å². The molecule has 17 heteroatoms. The zero-order valence-electron chi connectivity index (χ0n) is 42.3. The fourth-order valence-electron chi connectivity index (χ4n) is 9.98. The first-order valence-corrected chi connectivity index (χ1v) is 26.1. The lowest BCUT2D eigenvalue weighted by Gasteiger charge is -2.25. The van der Waals surface area contributed by atoms with Gasteiger partial charge in [0.25, 0.3) is 0 Å². The summed E-state index contributed by atoms with van der Waals surface area (Å²) < 4.78 is 37.5. The van der Waals surface area contributed by atoms with Crippen LogP contribution in [0.2, 0.25) is 0 Å². The topological polar surface area (TPSA) is 206 Å². The smallest absolute Gasteiger partial charge is 0.488 e. The second-order valence-corrected chi connectivity index (χ2v) is 21.2. The molecule has 1 heterocycles. The van der Waals surface area contributed by atoms with E-state index >= 15 is 0 Å². The van der Waals surface area contributed by atoms with E-state index < -0.39 is 35.5 Å². The summed E-state index contributed by atoms with van der Waals surface area (Å²) >= 11 is 0. The third kappa shape index (κ3) is 13.5. The highest BCUT2D eigenvalue weighted by Gasteiger charge is 2.44. The zero-order chi connectivity index (χ0) is 52.6. The first kappa shape index (κ1) is 54.5. The molecule has 1 aliphatic rings. The Morgan fingerprint density at radius 1 is 0.712 bits per heavy atom. The summed E-state index contributed by atoms with van der Waals surface area (Å²) in [6.07, 6.45) is 4.92. The van der Waals surface area contributed by atoms with Crippen LogP contribution >= 0.6 is 0 Å². The summed E-state index contributed by atoms with van der Waals surface area (Å²) in [4.78, 5) is 29.2. The zero-order valence-corrected chi connectivity index (χ0v) is 43.1. The molecule has 0 aliphatic carbocycles. The maximum Gasteiger partial charge on any atom is 0.488 e. The molecular formula is C56H65B2N5O9S. The third-order valence-electron chi connectivity index (χ3n) is 13.6. The first-order chi connectivity index (χ1) is 34.7. The van der Waals surface area contributed by atoms with Crippen molar-refractivity contribution >= 4 is 86.1 Å². The standard InChI is InChI=1S/C56H65B2N5O9S/c1-38(2)55(65)60-28-13-27-59-54(64)33-40-22-25-52-49(32-40)56(3,4)53(63(52)29-14-30-73(70,71)72)26-23-39-21-24-45-46(31-39)48(37-62(6)35-42-16-8-12-20-51(42)58(68)69)44-18-10-9-17-43(44)47(45)36-61(5)34-41-15-7-11-19-50(41)57(66)67/h7-12,15-26,31-32,66-69H,1,13-14,27-30,33-37H2,2-6H3,(H2-,59,60,64,65,70,71,72)/b26-23+. The third-order valence-corrected chi connectivity index (χ3v) is 14.3. The molecule has 6 N–H and O–H groups in total. The van der Waals surface area contributed by atoms with Crippen molar-refractivity contribution in [2.24, 2.45) is 0 Å². The van der Waals surface area contributed by atoms with E-state index in [1.54, 1.807) is 31.2 Å². The second-order valence-electron chi connectivity index (χ2n) is 19.7. The summed E-state index contributed by atoms with van der Waals surface area (Å²) in [7, 11) is -3.66. The number of hydrogen-bond acceptors (Lipinski definition) is 11. The van der Waals surface area contributed by atoms with E-state index in [1.807, 2.05) is 68.7 Å². The number of fused-ring (bicyclic) bond motifs is 3. The van der Waals surface area contributed by atoms with Gasteiger partial charge in [-0.15, -0.1) is 0 Å². The molecule has 6 aromatic rings. The van der Waals surface area contributed by atoms with Crippen LogP contribution in [0, 0.1) is 0 Å². The van der Waals surface area contributed by atoms with Crippen molar-refractivity contribution in [1.82, 2.24) is 20.4 Å². The second kappa shape index (κ2) is 23.7. The number of carbonyl (C=O) groups excluding carboxylic acids is 2. The summed E-state index contributed by atoms with van der Waals surface area (Å²) in [5, 5.41) is 50.6. The quantitative estimate of drug-likeness (QED) is 0.0133. The number of nitrogens with one attached hydrogen (secondary N) is 2. The number of rotatable bonds is 23.